The summed E-state index contributed by atoms with van der Waals surface area (Å²) in [5.41, 5.74) is 6.78. The minimum absolute atomic E-state index is 0.113. The number of carbonyl (C=O) groups excluding carboxylic acids is 3. The summed E-state index contributed by atoms with van der Waals surface area (Å²) < 4.78 is 5.20. The summed E-state index contributed by atoms with van der Waals surface area (Å²) in [6, 6.07) is 19.0. The molecule has 0 spiro atoms. The smallest absolute Gasteiger partial charge is 0.407 e. The first-order valence-electron chi connectivity index (χ1n) is 14.9. The zero-order valence-corrected chi connectivity index (χ0v) is 26.3. The van der Waals surface area contributed by atoms with Crippen molar-refractivity contribution in [2.24, 2.45) is 4.99 Å². The van der Waals surface area contributed by atoms with Crippen molar-refractivity contribution in [3.63, 3.8) is 0 Å². The summed E-state index contributed by atoms with van der Waals surface area (Å²) in [5, 5.41) is 8.40. The van der Waals surface area contributed by atoms with Crippen molar-refractivity contribution in [3.8, 4) is 11.4 Å². The summed E-state index contributed by atoms with van der Waals surface area (Å²) in [7, 11) is 3.93. The molecule has 1 aromatic heterocycles. The molecule has 0 bridgehead atoms. The number of benzene rings is 3. The topological polar surface area (TPSA) is 141 Å². The third kappa shape index (κ3) is 8.12. The molecule has 234 valence electrons. The normalized spacial score (nSPS) is 12.5. The van der Waals surface area contributed by atoms with Gasteiger partial charge in [0.2, 0.25) is 0 Å². The van der Waals surface area contributed by atoms with E-state index in [1.807, 2.05) is 67.5 Å². The molecule has 4 aromatic rings. The van der Waals surface area contributed by atoms with Gasteiger partial charge >= 0.3 is 6.09 Å². The molecule has 0 atom stereocenters. The van der Waals surface area contributed by atoms with Gasteiger partial charge in [0.05, 0.1) is 22.4 Å². The fraction of sp³-hybridized carbons (Fsp3) is 0.324. The van der Waals surface area contributed by atoms with E-state index >= 15 is 0 Å². The van der Waals surface area contributed by atoms with E-state index in [0.717, 1.165) is 51.5 Å². The highest BCUT2D eigenvalue weighted by Crippen LogP contribution is 2.30. The van der Waals surface area contributed by atoms with E-state index in [-0.39, 0.29) is 24.9 Å². The molecule has 0 saturated carbocycles. The van der Waals surface area contributed by atoms with Gasteiger partial charge in [0.1, 0.15) is 11.4 Å². The second kappa shape index (κ2) is 13.3. The van der Waals surface area contributed by atoms with Crippen LogP contribution in [0, 0.1) is 0 Å². The predicted octanol–water partition coefficient (Wildman–Crippen LogP) is 4.45. The zero-order chi connectivity index (χ0) is 32.1. The summed E-state index contributed by atoms with van der Waals surface area (Å²) in [6.45, 7) is 7.27. The molecule has 1 aliphatic rings. The minimum atomic E-state index is -0.576. The number of hydrogen-bond acceptors (Lipinski definition) is 7. The number of fused-ring (bicyclic) bond motifs is 2. The number of alkyl carbamates (subject to hydrolysis) is 1. The number of aliphatic imine (C=N–C) groups is 1. The lowest BCUT2D eigenvalue weighted by Crippen LogP contribution is -2.37. The van der Waals surface area contributed by atoms with Crippen LogP contribution in [0.2, 0.25) is 0 Å². The van der Waals surface area contributed by atoms with Crippen LogP contribution in [0.5, 0.6) is 0 Å². The summed E-state index contributed by atoms with van der Waals surface area (Å²) in [5.74, 6) is 0.387. The Morgan fingerprint density at radius 2 is 1.49 bits per heavy atom. The number of aromatic nitrogens is 2. The van der Waals surface area contributed by atoms with Crippen LogP contribution in [-0.2, 0) is 11.2 Å². The average Bonchev–Trinajstić information content (AvgIpc) is 3.62. The number of hydrogen-bond donors (Lipinski definition) is 4. The predicted molar refractivity (Wildman–Crippen MR) is 175 cm³/mol. The highest BCUT2D eigenvalue weighted by atomic mass is 16.6. The van der Waals surface area contributed by atoms with Gasteiger partial charge in [0, 0.05) is 49.3 Å². The van der Waals surface area contributed by atoms with Crippen LogP contribution >= 0.6 is 0 Å². The molecule has 5 rings (SSSR count). The largest absolute Gasteiger partial charge is 0.444 e. The van der Waals surface area contributed by atoms with Crippen molar-refractivity contribution in [2.75, 3.05) is 40.3 Å². The fourth-order valence-corrected chi connectivity index (χ4v) is 4.87. The maximum atomic E-state index is 12.7. The number of carbonyl (C=O) groups is 3. The first-order chi connectivity index (χ1) is 21.4. The number of aromatic amines is 1. The summed E-state index contributed by atoms with van der Waals surface area (Å²) in [6.07, 6.45) is 0.0933. The quantitative estimate of drug-likeness (QED) is 0.196. The molecule has 11 heteroatoms. The van der Waals surface area contributed by atoms with E-state index in [4.69, 9.17) is 14.7 Å². The Kier molecular flexibility index (Phi) is 9.29. The molecule has 0 radical (unpaired) electrons. The second-order valence-corrected chi connectivity index (χ2v) is 12.2. The Hall–Kier alpha value is -5.03. The van der Waals surface area contributed by atoms with Crippen LogP contribution in [0.15, 0.2) is 65.7 Å². The Balaban J connectivity index is 1.17. The highest BCUT2D eigenvalue weighted by Gasteiger charge is 2.19. The van der Waals surface area contributed by atoms with Gasteiger partial charge in [0.15, 0.2) is 0 Å². The Morgan fingerprint density at radius 3 is 2.20 bits per heavy atom. The van der Waals surface area contributed by atoms with Gasteiger partial charge < -0.3 is 30.6 Å². The minimum Gasteiger partial charge on any atom is -0.444 e. The Labute approximate surface area is 262 Å². The van der Waals surface area contributed by atoms with Gasteiger partial charge in [-0.25, -0.2) is 9.78 Å². The standard InChI is InChI=1S/C34H39N7O4/c1-34(2,3)45-33(44)37-15-14-35-31(42)23-10-12-26-25(18-23)20-28(38-26)21-6-8-22(9-7-21)30-39-27-13-11-24(19-29(27)40-30)32(43)36-16-17-41(4)5/h6-13,18-19H,14-17,20H2,1-5H3,(H,35,42)(H,36,43)(H,37,44)(H,39,40). The molecule has 1 aliphatic heterocycles. The molecule has 4 N–H and O–H groups in total. The first kappa shape index (κ1) is 31.4. The van der Waals surface area contributed by atoms with Crippen LogP contribution in [0.3, 0.4) is 0 Å². The van der Waals surface area contributed by atoms with E-state index < -0.39 is 11.7 Å². The van der Waals surface area contributed by atoms with Crippen molar-refractivity contribution >= 4 is 40.3 Å². The summed E-state index contributed by atoms with van der Waals surface area (Å²) >= 11 is 0. The van der Waals surface area contributed by atoms with Crippen molar-refractivity contribution in [2.45, 2.75) is 32.8 Å². The van der Waals surface area contributed by atoms with Crippen molar-refractivity contribution in [1.29, 1.82) is 0 Å². The molecule has 45 heavy (non-hydrogen) atoms. The number of rotatable bonds is 10. The highest BCUT2D eigenvalue weighted by molar-refractivity contribution is 6.07. The molecule has 0 aliphatic carbocycles. The van der Waals surface area contributed by atoms with Gasteiger partial charge in [-0.05, 0) is 82.4 Å². The van der Waals surface area contributed by atoms with Crippen LogP contribution < -0.4 is 16.0 Å². The van der Waals surface area contributed by atoms with Gasteiger partial charge in [-0.2, -0.15) is 0 Å². The van der Waals surface area contributed by atoms with Gasteiger partial charge in [-0.15, -0.1) is 0 Å². The van der Waals surface area contributed by atoms with Gasteiger partial charge in [-0.1, -0.05) is 24.3 Å². The maximum Gasteiger partial charge on any atom is 0.407 e. The Morgan fingerprint density at radius 1 is 0.844 bits per heavy atom. The number of likely N-dealkylation sites (N-methyl/N-ethyl adjacent to an activating group) is 1. The monoisotopic (exact) mass is 609 g/mol. The lowest BCUT2D eigenvalue weighted by molar-refractivity contribution is 0.0526. The number of imidazole rings is 1. The SMILES string of the molecule is CN(C)CCNC(=O)c1ccc2nc(-c3ccc(C4=Nc5ccc(C(=O)NCCNC(=O)OC(C)(C)C)cc5C4)cc3)[nH]c2c1. The molecular formula is C34H39N7O4. The summed E-state index contributed by atoms with van der Waals surface area (Å²) in [4.78, 5) is 51.9. The maximum absolute atomic E-state index is 12.7. The van der Waals surface area contributed by atoms with Gasteiger partial charge in [0.25, 0.3) is 11.8 Å². The van der Waals surface area contributed by atoms with Gasteiger partial charge in [-0.3, -0.25) is 14.6 Å². The number of nitrogens with one attached hydrogen (secondary N) is 4. The molecular weight excluding hydrogens is 570 g/mol. The average molecular weight is 610 g/mol. The zero-order valence-electron chi connectivity index (χ0n) is 26.3. The van der Waals surface area contributed by atoms with E-state index in [1.165, 1.54) is 0 Å². The fourth-order valence-electron chi connectivity index (χ4n) is 4.87. The van der Waals surface area contributed by atoms with Crippen LogP contribution in [0.4, 0.5) is 10.5 Å². The number of nitrogens with zero attached hydrogens (tertiary/aromatic N) is 3. The molecule has 0 unspecified atom stereocenters. The number of H-pyrrole nitrogens is 1. The first-order valence-corrected chi connectivity index (χ1v) is 14.9. The van der Waals surface area contributed by atoms with Crippen molar-refractivity contribution < 1.29 is 19.1 Å². The van der Waals surface area contributed by atoms with Crippen molar-refractivity contribution in [1.82, 2.24) is 30.8 Å². The van der Waals surface area contributed by atoms with Crippen LogP contribution in [-0.4, -0.2) is 84.4 Å². The third-order valence-corrected chi connectivity index (χ3v) is 7.11. The van der Waals surface area contributed by atoms with Crippen molar-refractivity contribution in [3.05, 3.63) is 82.9 Å². The van der Waals surface area contributed by atoms with Crippen LogP contribution in [0.25, 0.3) is 22.4 Å². The second-order valence-electron chi connectivity index (χ2n) is 12.2. The third-order valence-electron chi connectivity index (χ3n) is 7.11. The Bertz CT molecular complexity index is 1750. The van der Waals surface area contributed by atoms with E-state index in [0.29, 0.717) is 24.1 Å². The molecule has 3 aromatic carbocycles. The lowest BCUT2D eigenvalue weighted by atomic mass is 10.0. The van der Waals surface area contributed by atoms with Crippen LogP contribution in [0.1, 0.15) is 52.6 Å². The number of amides is 3. The molecule has 0 fully saturated rings. The molecule has 2 heterocycles. The number of ether oxygens (including phenoxy) is 1. The lowest BCUT2D eigenvalue weighted by Gasteiger charge is -2.19. The van der Waals surface area contributed by atoms with E-state index in [1.54, 1.807) is 32.9 Å². The van der Waals surface area contributed by atoms with E-state index in [9.17, 15) is 14.4 Å². The molecule has 3 amide bonds. The molecule has 0 saturated heterocycles. The molecule has 11 nitrogen and oxygen atoms in total. The van der Waals surface area contributed by atoms with E-state index in [2.05, 4.69) is 20.9 Å².